The molecule has 1 N–H and O–H groups in total. The van der Waals surface area contributed by atoms with Crippen molar-refractivity contribution in [1.29, 1.82) is 0 Å². The highest BCUT2D eigenvalue weighted by Crippen LogP contribution is 2.31. The second kappa shape index (κ2) is 14.4. The van der Waals surface area contributed by atoms with Gasteiger partial charge in [-0.25, -0.2) is 14.6 Å². The molecule has 0 saturated carbocycles. The quantitative estimate of drug-likeness (QED) is 0.178. The molecule has 0 bridgehead atoms. The summed E-state index contributed by atoms with van der Waals surface area (Å²) in [5.74, 6) is -1.71. The first kappa shape index (κ1) is 31.9. The van der Waals surface area contributed by atoms with Crippen LogP contribution in [0.25, 0.3) is 6.08 Å². The molecule has 12 heteroatoms. The third kappa shape index (κ3) is 7.65. The van der Waals surface area contributed by atoms with Gasteiger partial charge in [-0.2, -0.15) is 0 Å². The lowest BCUT2D eigenvalue weighted by molar-refractivity contribution is -0.141. The fourth-order valence-corrected chi connectivity index (χ4v) is 5.32. The summed E-state index contributed by atoms with van der Waals surface area (Å²) in [6.45, 7) is 5.08. The summed E-state index contributed by atoms with van der Waals surface area (Å²) < 4.78 is 22.9. The molecule has 0 spiro atoms. The number of rotatable bonds is 8. The van der Waals surface area contributed by atoms with Crippen LogP contribution in [0, 0.1) is 6.92 Å². The maximum absolute atomic E-state index is 13.8. The van der Waals surface area contributed by atoms with Gasteiger partial charge >= 0.3 is 11.9 Å². The van der Waals surface area contributed by atoms with Crippen molar-refractivity contribution in [3.05, 3.63) is 120 Å². The minimum atomic E-state index is -0.833. The van der Waals surface area contributed by atoms with E-state index in [0.29, 0.717) is 20.6 Å². The van der Waals surface area contributed by atoms with Gasteiger partial charge in [0.2, 0.25) is 5.76 Å². The number of carbonyl (C=O) groups is 3. The van der Waals surface area contributed by atoms with Crippen LogP contribution in [0.3, 0.4) is 0 Å². The van der Waals surface area contributed by atoms with Crippen LogP contribution in [0.2, 0.25) is 0 Å². The average molecular weight is 619 g/mol. The largest absolute Gasteiger partial charge is 0.481 e. The molecule has 0 fully saturated rings. The summed E-state index contributed by atoms with van der Waals surface area (Å²) in [5, 5.41) is 7.42. The lowest BCUT2D eigenvalue weighted by atomic mass is 9.96. The SMILES string of the molecule is CC(=O)O.COCCOC(=O)C1=C(C)N=c2s/c(=C/c3ccc(C)cc3)c(=O)n2C1c1ccc(OC(=O)c2ccco2)cc1. The van der Waals surface area contributed by atoms with E-state index in [4.69, 9.17) is 28.5 Å². The fourth-order valence-electron chi connectivity index (χ4n) is 4.28. The first-order valence-corrected chi connectivity index (χ1v) is 14.2. The first-order chi connectivity index (χ1) is 21.1. The standard InChI is InChI=1S/C30H26N2O7S.C2H4O2/c1-18-6-8-20(9-7-18)17-24-27(33)32-26(25(19(2)31-30(32)40-24)29(35)38-16-15-36-3)21-10-12-22(13-11-21)39-28(34)23-5-4-14-37-23;1-2(3)4/h4-14,17,26H,15-16H2,1-3H3;1H3,(H,3,4)/b24-17+;. The Labute approximate surface area is 256 Å². The van der Waals surface area contributed by atoms with Crippen molar-refractivity contribution in [1.82, 2.24) is 4.57 Å². The van der Waals surface area contributed by atoms with Gasteiger partial charge in [-0.1, -0.05) is 53.3 Å². The third-order valence-electron chi connectivity index (χ3n) is 6.27. The zero-order valence-electron chi connectivity index (χ0n) is 24.4. The number of aryl methyl sites for hydroxylation is 1. The van der Waals surface area contributed by atoms with Crippen molar-refractivity contribution in [2.45, 2.75) is 26.8 Å². The Hall–Kier alpha value is -5.07. The van der Waals surface area contributed by atoms with Crippen LogP contribution < -0.4 is 19.6 Å². The predicted molar refractivity (Wildman–Crippen MR) is 161 cm³/mol. The van der Waals surface area contributed by atoms with Gasteiger partial charge in [-0.15, -0.1) is 0 Å². The molecule has 2 aromatic carbocycles. The van der Waals surface area contributed by atoms with E-state index in [2.05, 4.69) is 4.99 Å². The second-order valence-corrected chi connectivity index (χ2v) is 10.6. The fraction of sp³-hybridized carbons (Fsp3) is 0.219. The van der Waals surface area contributed by atoms with Gasteiger partial charge in [0.05, 0.1) is 34.7 Å². The number of aromatic nitrogens is 1. The van der Waals surface area contributed by atoms with E-state index in [1.807, 2.05) is 37.3 Å². The maximum atomic E-state index is 13.8. The van der Waals surface area contributed by atoms with E-state index in [9.17, 15) is 14.4 Å². The first-order valence-electron chi connectivity index (χ1n) is 13.4. The third-order valence-corrected chi connectivity index (χ3v) is 7.25. The van der Waals surface area contributed by atoms with Crippen molar-refractivity contribution in [3.8, 4) is 5.75 Å². The molecule has 1 aliphatic rings. The predicted octanol–water partition coefficient (Wildman–Crippen LogP) is 3.64. The summed E-state index contributed by atoms with van der Waals surface area (Å²) in [5.41, 5.74) is 3.02. The Morgan fingerprint density at radius 3 is 2.32 bits per heavy atom. The van der Waals surface area contributed by atoms with Gasteiger partial charge < -0.3 is 23.7 Å². The molecule has 228 valence electrons. The average Bonchev–Trinajstić information content (AvgIpc) is 3.63. The number of carboxylic acids is 1. The Morgan fingerprint density at radius 2 is 1.70 bits per heavy atom. The number of fused-ring (bicyclic) bond motifs is 1. The number of thiazole rings is 1. The number of methoxy groups -OCH3 is 1. The van der Waals surface area contributed by atoms with Crippen LogP contribution in [0.5, 0.6) is 5.75 Å². The molecule has 2 aromatic heterocycles. The smallest absolute Gasteiger partial charge is 0.379 e. The highest BCUT2D eigenvalue weighted by Gasteiger charge is 2.33. The van der Waals surface area contributed by atoms with Crippen LogP contribution in [-0.2, 0) is 19.1 Å². The van der Waals surface area contributed by atoms with Crippen molar-refractivity contribution < 1.29 is 38.1 Å². The molecule has 0 radical (unpaired) electrons. The van der Waals surface area contributed by atoms with E-state index in [0.717, 1.165) is 18.1 Å². The number of furan rings is 1. The molecule has 44 heavy (non-hydrogen) atoms. The van der Waals surface area contributed by atoms with E-state index < -0.39 is 23.9 Å². The highest BCUT2D eigenvalue weighted by molar-refractivity contribution is 7.07. The van der Waals surface area contributed by atoms with Gasteiger partial charge in [0.15, 0.2) is 4.80 Å². The number of carbonyl (C=O) groups excluding carboxylic acids is 2. The molecule has 4 aromatic rings. The summed E-state index contributed by atoms with van der Waals surface area (Å²) in [6, 6.07) is 16.7. The number of benzene rings is 2. The highest BCUT2D eigenvalue weighted by atomic mass is 32.1. The van der Waals surface area contributed by atoms with Crippen LogP contribution in [0.1, 0.15) is 47.1 Å². The van der Waals surface area contributed by atoms with Gasteiger partial charge in [0.25, 0.3) is 11.5 Å². The number of hydrogen-bond acceptors (Lipinski definition) is 10. The number of allylic oxidation sites excluding steroid dienone is 1. The summed E-state index contributed by atoms with van der Waals surface area (Å²) in [4.78, 5) is 53.4. The molecular formula is C32H30N2O9S. The number of hydrogen-bond donors (Lipinski definition) is 1. The number of aliphatic carboxylic acids is 1. The Balaban J connectivity index is 0.00000104. The number of ether oxygens (including phenoxy) is 3. The van der Waals surface area contributed by atoms with E-state index in [1.165, 1.54) is 35.3 Å². The normalized spacial score (nSPS) is 14.2. The minimum absolute atomic E-state index is 0.0539. The molecule has 11 nitrogen and oxygen atoms in total. The molecule has 5 rings (SSSR count). The van der Waals surface area contributed by atoms with Crippen molar-refractivity contribution in [2.75, 3.05) is 20.3 Å². The summed E-state index contributed by atoms with van der Waals surface area (Å²) in [6.07, 6.45) is 3.20. The molecule has 3 heterocycles. The Morgan fingerprint density at radius 1 is 1.02 bits per heavy atom. The van der Waals surface area contributed by atoms with Crippen molar-refractivity contribution in [2.24, 2.45) is 4.99 Å². The molecule has 0 aliphatic carbocycles. The second-order valence-electron chi connectivity index (χ2n) is 9.58. The van der Waals surface area contributed by atoms with Gasteiger partial charge in [-0.3, -0.25) is 14.2 Å². The van der Waals surface area contributed by atoms with Crippen molar-refractivity contribution in [3.63, 3.8) is 0 Å². The zero-order valence-corrected chi connectivity index (χ0v) is 25.3. The van der Waals surface area contributed by atoms with E-state index in [-0.39, 0.29) is 35.9 Å². The number of esters is 2. The number of nitrogens with zero attached hydrogens (tertiary/aromatic N) is 2. The lowest BCUT2D eigenvalue weighted by Gasteiger charge is -2.25. The van der Waals surface area contributed by atoms with Crippen molar-refractivity contribution >= 4 is 35.3 Å². The summed E-state index contributed by atoms with van der Waals surface area (Å²) in [7, 11) is 1.51. The topological polar surface area (TPSA) is 147 Å². The van der Waals surface area contributed by atoms with Gasteiger partial charge in [0.1, 0.15) is 12.4 Å². The van der Waals surface area contributed by atoms with Gasteiger partial charge in [-0.05, 0) is 55.3 Å². The van der Waals surface area contributed by atoms with Crippen LogP contribution in [0.4, 0.5) is 0 Å². The molecule has 1 aliphatic heterocycles. The zero-order chi connectivity index (χ0) is 31.8. The van der Waals surface area contributed by atoms with E-state index >= 15 is 0 Å². The van der Waals surface area contributed by atoms with Gasteiger partial charge in [0, 0.05) is 14.0 Å². The minimum Gasteiger partial charge on any atom is -0.481 e. The Kier molecular flexibility index (Phi) is 10.4. The Bertz CT molecular complexity index is 1850. The molecule has 0 saturated heterocycles. The monoisotopic (exact) mass is 618 g/mol. The molecule has 1 unspecified atom stereocenters. The van der Waals surface area contributed by atoms with Crippen LogP contribution in [-0.4, -0.2) is 47.9 Å². The van der Waals surface area contributed by atoms with Crippen LogP contribution >= 0.6 is 11.3 Å². The molecule has 1 atom stereocenters. The maximum Gasteiger partial charge on any atom is 0.379 e. The molecular weight excluding hydrogens is 588 g/mol. The number of carboxylic acid groups (broad SMARTS) is 1. The lowest BCUT2D eigenvalue weighted by Crippen LogP contribution is -2.40. The molecule has 0 amide bonds. The van der Waals surface area contributed by atoms with Crippen LogP contribution in [0.15, 0.2) is 92.4 Å². The van der Waals surface area contributed by atoms with E-state index in [1.54, 1.807) is 37.3 Å². The summed E-state index contributed by atoms with van der Waals surface area (Å²) >= 11 is 1.25.